The first-order chi connectivity index (χ1) is 8.13. The molecule has 6 nitrogen and oxygen atoms in total. The van der Waals surface area contributed by atoms with Crippen LogP contribution in [0.3, 0.4) is 0 Å². The monoisotopic (exact) mass is 237 g/mol. The summed E-state index contributed by atoms with van der Waals surface area (Å²) in [5.41, 5.74) is 6.63. The Kier molecular flexibility index (Phi) is 3.03. The number of nitrogens with two attached hydrogens (primary N) is 1. The largest absolute Gasteiger partial charge is 0.495 e. The summed E-state index contributed by atoms with van der Waals surface area (Å²) in [6.45, 7) is 1.68. The molecule has 92 valence electrons. The smallest absolute Gasteiger partial charge is 0.294 e. The summed E-state index contributed by atoms with van der Waals surface area (Å²) >= 11 is 0. The van der Waals surface area contributed by atoms with Gasteiger partial charge in [-0.05, 0) is 12.8 Å². The molecule has 0 aromatic heterocycles. The zero-order chi connectivity index (χ0) is 12.4. The second-order valence-electron chi connectivity index (χ2n) is 4.03. The van der Waals surface area contributed by atoms with Gasteiger partial charge in [-0.3, -0.25) is 10.1 Å². The number of nitro benzene ring substituents is 1. The second kappa shape index (κ2) is 4.48. The molecule has 1 aromatic carbocycles. The van der Waals surface area contributed by atoms with E-state index in [1.807, 2.05) is 4.90 Å². The van der Waals surface area contributed by atoms with E-state index in [-0.39, 0.29) is 5.69 Å². The van der Waals surface area contributed by atoms with Gasteiger partial charge in [-0.25, -0.2) is 0 Å². The number of ether oxygens (including phenoxy) is 1. The number of nitro groups is 1. The lowest BCUT2D eigenvalue weighted by Crippen LogP contribution is -2.19. The maximum atomic E-state index is 11.0. The van der Waals surface area contributed by atoms with E-state index in [0.29, 0.717) is 17.1 Å². The standard InChI is InChI=1S/C11H15N3O3/c1-17-11-7-9(13-4-2-3-5-13)10(14(15)16)6-8(11)12/h6-7H,2-5,12H2,1H3. The van der Waals surface area contributed by atoms with E-state index >= 15 is 0 Å². The molecule has 1 saturated heterocycles. The van der Waals surface area contributed by atoms with E-state index in [1.165, 1.54) is 13.2 Å². The first-order valence-corrected chi connectivity index (χ1v) is 5.50. The van der Waals surface area contributed by atoms with Crippen LogP contribution < -0.4 is 15.4 Å². The van der Waals surface area contributed by atoms with E-state index in [4.69, 9.17) is 10.5 Å². The third-order valence-electron chi connectivity index (χ3n) is 2.97. The fourth-order valence-corrected chi connectivity index (χ4v) is 2.11. The highest BCUT2D eigenvalue weighted by atomic mass is 16.6. The van der Waals surface area contributed by atoms with Gasteiger partial charge >= 0.3 is 0 Å². The third-order valence-corrected chi connectivity index (χ3v) is 2.97. The minimum Gasteiger partial charge on any atom is -0.495 e. The van der Waals surface area contributed by atoms with Crippen LogP contribution in [0.1, 0.15) is 12.8 Å². The van der Waals surface area contributed by atoms with Crippen LogP contribution in [0.5, 0.6) is 5.75 Å². The van der Waals surface area contributed by atoms with Gasteiger partial charge in [-0.2, -0.15) is 0 Å². The van der Waals surface area contributed by atoms with Crippen LogP contribution >= 0.6 is 0 Å². The van der Waals surface area contributed by atoms with Gasteiger partial charge in [0.05, 0.1) is 17.7 Å². The van der Waals surface area contributed by atoms with Gasteiger partial charge in [-0.1, -0.05) is 0 Å². The van der Waals surface area contributed by atoms with Crippen LogP contribution in [0, 0.1) is 10.1 Å². The summed E-state index contributed by atoms with van der Waals surface area (Å²) in [5, 5.41) is 11.0. The Balaban J connectivity index is 2.49. The number of benzene rings is 1. The van der Waals surface area contributed by atoms with Crippen molar-refractivity contribution in [3.05, 3.63) is 22.2 Å². The molecular weight excluding hydrogens is 222 g/mol. The number of nitrogens with zero attached hydrogens (tertiary/aromatic N) is 2. The molecule has 1 heterocycles. The molecule has 0 radical (unpaired) electrons. The summed E-state index contributed by atoms with van der Waals surface area (Å²) in [4.78, 5) is 12.6. The van der Waals surface area contributed by atoms with E-state index in [2.05, 4.69) is 0 Å². The summed E-state index contributed by atoms with van der Waals surface area (Å²) < 4.78 is 5.11. The predicted octanol–water partition coefficient (Wildman–Crippen LogP) is 1.79. The molecule has 0 unspecified atom stereocenters. The SMILES string of the molecule is COc1cc(N2CCCC2)c([N+](=O)[O-])cc1N. The molecule has 1 aliphatic rings. The van der Waals surface area contributed by atoms with Crippen molar-refractivity contribution in [2.75, 3.05) is 30.8 Å². The quantitative estimate of drug-likeness (QED) is 0.492. The van der Waals surface area contributed by atoms with E-state index in [9.17, 15) is 10.1 Å². The van der Waals surface area contributed by atoms with Crippen LogP contribution in [0.2, 0.25) is 0 Å². The maximum Gasteiger partial charge on any atom is 0.294 e. The van der Waals surface area contributed by atoms with Crippen LogP contribution in [-0.4, -0.2) is 25.1 Å². The molecule has 0 aliphatic carbocycles. The Bertz CT molecular complexity index is 442. The molecule has 6 heteroatoms. The number of methoxy groups -OCH3 is 1. The molecule has 1 aliphatic heterocycles. The van der Waals surface area contributed by atoms with Crippen LogP contribution in [-0.2, 0) is 0 Å². The molecule has 0 atom stereocenters. The molecular formula is C11H15N3O3. The van der Waals surface area contributed by atoms with Crippen molar-refractivity contribution in [3.8, 4) is 5.75 Å². The Morgan fingerprint density at radius 1 is 1.41 bits per heavy atom. The number of hydrogen-bond donors (Lipinski definition) is 1. The van der Waals surface area contributed by atoms with Gasteiger partial charge in [0, 0.05) is 25.2 Å². The van der Waals surface area contributed by atoms with Gasteiger partial charge in [-0.15, -0.1) is 0 Å². The molecule has 0 bridgehead atoms. The molecule has 2 rings (SSSR count). The number of hydrogen-bond acceptors (Lipinski definition) is 5. The van der Waals surface area contributed by atoms with Crippen molar-refractivity contribution in [2.24, 2.45) is 0 Å². The average molecular weight is 237 g/mol. The molecule has 0 amide bonds. The van der Waals surface area contributed by atoms with E-state index in [1.54, 1.807) is 6.07 Å². The first-order valence-electron chi connectivity index (χ1n) is 5.50. The van der Waals surface area contributed by atoms with Gasteiger partial charge < -0.3 is 15.4 Å². The molecule has 0 spiro atoms. The van der Waals surface area contributed by atoms with Crippen LogP contribution in [0.15, 0.2) is 12.1 Å². The summed E-state index contributed by atoms with van der Waals surface area (Å²) in [6, 6.07) is 3.02. The Hall–Kier alpha value is -1.98. The molecule has 0 saturated carbocycles. The maximum absolute atomic E-state index is 11.0. The van der Waals surface area contributed by atoms with E-state index < -0.39 is 4.92 Å². The van der Waals surface area contributed by atoms with Crippen molar-refractivity contribution in [2.45, 2.75) is 12.8 Å². The highest BCUT2D eigenvalue weighted by Crippen LogP contribution is 2.37. The van der Waals surface area contributed by atoms with Gasteiger partial charge in [0.1, 0.15) is 11.4 Å². The molecule has 17 heavy (non-hydrogen) atoms. The number of anilines is 2. The molecule has 2 N–H and O–H groups in total. The Morgan fingerprint density at radius 3 is 2.59 bits per heavy atom. The van der Waals surface area contributed by atoms with Gasteiger partial charge in [0.2, 0.25) is 0 Å². The Morgan fingerprint density at radius 2 is 2.06 bits per heavy atom. The minimum atomic E-state index is -0.399. The first kappa shape index (κ1) is 11.5. The van der Waals surface area contributed by atoms with Crippen molar-refractivity contribution in [1.82, 2.24) is 0 Å². The zero-order valence-electron chi connectivity index (χ0n) is 9.68. The highest BCUT2D eigenvalue weighted by Gasteiger charge is 2.24. The van der Waals surface area contributed by atoms with Gasteiger partial charge in [0.25, 0.3) is 5.69 Å². The predicted molar refractivity (Wildman–Crippen MR) is 65.5 cm³/mol. The van der Waals surface area contributed by atoms with E-state index in [0.717, 1.165) is 25.9 Å². The van der Waals surface area contributed by atoms with Gasteiger partial charge in [0.15, 0.2) is 0 Å². The van der Waals surface area contributed by atoms with Crippen molar-refractivity contribution in [1.29, 1.82) is 0 Å². The summed E-state index contributed by atoms with van der Waals surface area (Å²) in [6.07, 6.45) is 2.12. The van der Waals surface area contributed by atoms with Crippen molar-refractivity contribution < 1.29 is 9.66 Å². The fraction of sp³-hybridized carbons (Fsp3) is 0.455. The summed E-state index contributed by atoms with van der Waals surface area (Å²) in [5.74, 6) is 0.484. The Labute approximate surface area is 99.1 Å². The van der Waals surface area contributed by atoms with Crippen molar-refractivity contribution in [3.63, 3.8) is 0 Å². The topological polar surface area (TPSA) is 81.6 Å². The lowest BCUT2D eigenvalue weighted by Gasteiger charge is -2.18. The minimum absolute atomic E-state index is 0.0465. The van der Waals surface area contributed by atoms with Crippen molar-refractivity contribution >= 4 is 17.1 Å². The summed E-state index contributed by atoms with van der Waals surface area (Å²) in [7, 11) is 1.51. The van der Waals surface area contributed by atoms with Crippen LogP contribution in [0.4, 0.5) is 17.1 Å². The molecule has 1 fully saturated rings. The fourth-order valence-electron chi connectivity index (χ4n) is 2.11. The lowest BCUT2D eigenvalue weighted by atomic mass is 10.2. The zero-order valence-corrected chi connectivity index (χ0v) is 9.68. The number of nitrogen functional groups attached to an aromatic ring is 1. The third kappa shape index (κ3) is 2.11. The second-order valence-corrected chi connectivity index (χ2v) is 4.03. The normalized spacial score (nSPS) is 15.0. The van der Waals surface area contributed by atoms with Crippen LogP contribution in [0.25, 0.3) is 0 Å². The lowest BCUT2D eigenvalue weighted by molar-refractivity contribution is -0.384. The number of rotatable bonds is 3. The molecule has 1 aromatic rings. The average Bonchev–Trinajstić information content (AvgIpc) is 2.82. The highest BCUT2D eigenvalue weighted by molar-refractivity contribution is 5.73.